The minimum Gasteiger partial charge on any atom is -0.497 e. The highest BCUT2D eigenvalue weighted by atomic mass is 35.5. The molecule has 134 valence electrons. The lowest BCUT2D eigenvalue weighted by molar-refractivity contribution is -0.121. The molecule has 0 saturated carbocycles. The Morgan fingerprint density at radius 1 is 1.16 bits per heavy atom. The molecule has 6 nitrogen and oxygen atoms in total. The molecule has 0 heterocycles. The number of sulfonamides is 1. The van der Waals surface area contributed by atoms with Crippen LogP contribution >= 0.6 is 11.6 Å². The summed E-state index contributed by atoms with van der Waals surface area (Å²) in [5, 5.41) is 3.21. The first-order chi connectivity index (χ1) is 11.8. The lowest BCUT2D eigenvalue weighted by atomic mass is 10.2. The molecule has 0 bridgehead atoms. The van der Waals surface area contributed by atoms with Crippen molar-refractivity contribution >= 4 is 27.5 Å². The van der Waals surface area contributed by atoms with Crippen molar-refractivity contribution in [1.29, 1.82) is 0 Å². The third-order valence-corrected chi connectivity index (χ3v) is 5.75. The van der Waals surface area contributed by atoms with Crippen molar-refractivity contribution in [2.75, 3.05) is 20.7 Å². The number of hydrogen-bond acceptors (Lipinski definition) is 4. The topological polar surface area (TPSA) is 75.7 Å². The Kier molecular flexibility index (Phi) is 6.41. The van der Waals surface area contributed by atoms with Crippen LogP contribution in [0.25, 0.3) is 0 Å². The van der Waals surface area contributed by atoms with Crippen molar-refractivity contribution in [3.05, 3.63) is 59.1 Å². The van der Waals surface area contributed by atoms with Gasteiger partial charge in [-0.25, -0.2) is 8.42 Å². The average molecular weight is 383 g/mol. The second-order valence-electron chi connectivity index (χ2n) is 5.30. The summed E-state index contributed by atoms with van der Waals surface area (Å²) in [5.74, 6) is 0.138. The number of amides is 1. The molecule has 0 aliphatic carbocycles. The first-order valence-corrected chi connectivity index (χ1v) is 9.27. The van der Waals surface area contributed by atoms with Gasteiger partial charge in [0.1, 0.15) is 5.75 Å². The molecule has 2 aromatic carbocycles. The van der Waals surface area contributed by atoms with Crippen LogP contribution < -0.4 is 10.1 Å². The monoisotopic (exact) mass is 382 g/mol. The molecule has 0 aromatic heterocycles. The first-order valence-electron chi connectivity index (χ1n) is 7.45. The van der Waals surface area contributed by atoms with Gasteiger partial charge in [0.05, 0.1) is 18.6 Å². The highest BCUT2D eigenvalue weighted by Gasteiger charge is 2.22. The van der Waals surface area contributed by atoms with Crippen molar-refractivity contribution in [2.24, 2.45) is 0 Å². The molecule has 2 rings (SSSR count). The number of hydrogen-bond donors (Lipinski definition) is 1. The molecule has 8 heteroatoms. The molecule has 0 atom stereocenters. The predicted octanol–water partition coefficient (Wildman–Crippen LogP) is 2.29. The van der Waals surface area contributed by atoms with E-state index < -0.39 is 15.9 Å². The summed E-state index contributed by atoms with van der Waals surface area (Å²) < 4.78 is 31.0. The number of methoxy groups -OCH3 is 1. The van der Waals surface area contributed by atoms with Crippen LogP contribution in [0.5, 0.6) is 5.75 Å². The molecule has 0 spiro atoms. The zero-order chi connectivity index (χ0) is 18.4. The molecular formula is C17H19ClN2O4S. The number of carbonyl (C=O) groups is 1. The van der Waals surface area contributed by atoms with Gasteiger partial charge in [0.15, 0.2) is 0 Å². The van der Waals surface area contributed by atoms with Crippen LogP contribution in [0.15, 0.2) is 53.4 Å². The number of benzene rings is 2. The Labute approximate surface area is 152 Å². The standard InChI is InChI=1S/C17H19ClN2O4S/c1-20(25(22,23)15-9-7-14(24-2)8-10-15)12-17(21)19-11-13-5-3-4-6-16(13)18/h3-10H,11-12H2,1-2H3,(H,19,21). The maximum absolute atomic E-state index is 12.5. The molecular weight excluding hydrogens is 364 g/mol. The summed E-state index contributed by atoms with van der Waals surface area (Å²) in [7, 11) is -0.904. The van der Waals surface area contributed by atoms with Gasteiger partial charge in [-0.2, -0.15) is 4.31 Å². The van der Waals surface area contributed by atoms with E-state index in [0.717, 1.165) is 9.87 Å². The first kappa shape index (κ1) is 19.2. The SMILES string of the molecule is COc1ccc(S(=O)(=O)N(C)CC(=O)NCc2ccccc2Cl)cc1. The Balaban J connectivity index is 1.98. The molecule has 2 aromatic rings. The number of rotatable bonds is 7. The van der Waals surface area contributed by atoms with Crippen molar-refractivity contribution in [2.45, 2.75) is 11.4 Å². The van der Waals surface area contributed by atoms with Gasteiger partial charge in [-0.1, -0.05) is 29.8 Å². The summed E-state index contributed by atoms with van der Waals surface area (Å²) in [6, 6.07) is 13.1. The zero-order valence-corrected chi connectivity index (χ0v) is 15.5. The largest absolute Gasteiger partial charge is 0.497 e. The van der Waals surface area contributed by atoms with Crippen LogP contribution in [-0.4, -0.2) is 39.3 Å². The third-order valence-electron chi connectivity index (χ3n) is 3.57. The Morgan fingerprint density at radius 2 is 1.80 bits per heavy atom. The van der Waals surface area contributed by atoms with Gasteiger partial charge in [0, 0.05) is 18.6 Å². The van der Waals surface area contributed by atoms with E-state index in [9.17, 15) is 13.2 Å². The van der Waals surface area contributed by atoms with E-state index in [1.54, 1.807) is 30.3 Å². The number of nitrogens with one attached hydrogen (secondary N) is 1. The Bertz CT molecular complexity index is 838. The van der Waals surface area contributed by atoms with E-state index in [0.29, 0.717) is 10.8 Å². The summed E-state index contributed by atoms with van der Waals surface area (Å²) in [4.78, 5) is 12.1. The van der Waals surface area contributed by atoms with Crippen molar-refractivity contribution < 1.29 is 17.9 Å². The molecule has 0 aliphatic heterocycles. The summed E-state index contributed by atoms with van der Waals surface area (Å²) in [6.07, 6.45) is 0. The summed E-state index contributed by atoms with van der Waals surface area (Å²) in [5.41, 5.74) is 0.762. The number of nitrogens with zero attached hydrogens (tertiary/aromatic N) is 1. The van der Waals surface area contributed by atoms with Crippen LogP contribution in [-0.2, 0) is 21.4 Å². The second-order valence-corrected chi connectivity index (χ2v) is 7.76. The van der Waals surface area contributed by atoms with Gasteiger partial charge in [0.25, 0.3) is 0 Å². The fraction of sp³-hybridized carbons (Fsp3) is 0.235. The van der Waals surface area contributed by atoms with Crippen LogP contribution in [0.1, 0.15) is 5.56 Å². The molecule has 0 radical (unpaired) electrons. The fourth-order valence-electron chi connectivity index (χ4n) is 2.11. The maximum Gasteiger partial charge on any atom is 0.243 e. The minimum absolute atomic E-state index is 0.0923. The predicted molar refractivity (Wildman–Crippen MR) is 96.1 cm³/mol. The lowest BCUT2D eigenvalue weighted by Crippen LogP contribution is -2.38. The van der Waals surface area contributed by atoms with Gasteiger partial charge in [-0.3, -0.25) is 4.79 Å². The van der Waals surface area contributed by atoms with E-state index in [4.69, 9.17) is 16.3 Å². The van der Waals surface area contributed by atoms with Gasteiger partial charge >= 0.3 is 0 Å². The minimum atomic E-state index is -3.76. The number of carbonyl (C=O) groups excluding carboxylic acids is 1. The summed E-state index contributed by atoms with van der Waals surface area (Å²) >= 11 is 6.02. The molecule has 1 N–H and O–H groups in total. The molecule has 0 aliphatic rings. The van der Waals surface area contributed by atoms with E-state index in [2.05, 4.69) is 5.32 Å². The molecule has 0 unspecified atom stereocenters. The quantitative estimate of drug-likeness (QED) is 0.797. The zero-order valence-electron chi connectivity index (χ0n) is 13.9. The van der Waals surface area contributed by atoms with Crippen molar-refractivity contribution in [3.63, 3.8) is 0 Å². The van der Waals surface area contributed by atoms with E-state index >= 15 is 0 Å². The molecule has 0 fully saturated rings. The number of likely N-dealkylation sites (N-methyl/N-ethyl adjacent to an activating group) is 1. The maximum atomic E-state index is 12.5. The van der Waals surface area contributed by atoms with E-state index in [1.807, 2.05) is 6.07 Å². The molecule has 0 saturated heterocycles. The lowest BCUT2D eigenvalue weighted by Gasteiger charge is -2.17. The van der Waals surface area contributed by atoms with Crippen LogP contribution in [0.3, 0.4) is 0 Å². The van der Waals surface area contributed by atoms with Crippen molar-refractivity contribution in [1.82, 2.24) is 9.62 Å². The highest BCUT2D eigenvalue weighted by Crippen LogP contribution is 2.18. The van der Waals surface area contributed by atoms with Gasteiger partial charge in [-0.05, 0) is 35.9 Å². The van der Waals surface area contributed by atoms with Gasteiger partial charge in [0.2, 0.25) is 15.9 Å². The molecule has 1 amide bonds. The van der Waals surface area contributed by atoms with Gasteiger partial charge < -0.3 is 10.1 Å². The Morgan fingerprint density at radius 3 is 2.40 bits per heavy atom. The Hall–Kier alpha value is -2.09. The van der Waals surface area contributed by atoms with Crippen LogP contribution in [0.2, 0.25) is 5.02 Å². The van der Waals surface area contributed by atoms with Gasteiger partial charge in [-0.15, -0.1) is 0 Å². The smallest absolute Gasteiger partial charge is 0.243 e. The fourth-order valence-corrected chi connectivity index (χ4v) is 3.44. The third kappa shape index (κ3) is 4.94. The number of ether oxygens (including phenoxy) is 1. The second kappa shape index (κ2) is 8.33. The number of halogens is 1. The van der Waals surface area contributed by atoms with E-state index in [1.165, 1.54) is 26.3 Å². The average Bonchev–Trinajstić information content (AvgIpc) is 2.61. The normalized spacial score (nSPS) is 11.4. The highest BCUT2D eigenvalue weighted by molar-refractivity contribution is 7.89. The van der Waals surface area contributed by atoms with Crippen molar-refractivity contribution in [3.8, 4) is 5.75 Å². The molecule has 25 heavy (non-hydrogen) atoms. The van der Waals surface area contributed by atoms with E-state index in [-0.39, 0.29) is 18.0 Å². The summed E-state index contributed by atoms with van der Waals surface area (Å²) in [6.45, 7) is -0.0618. The van der Waals surface area contributed by atoms with Crippen LogP contribution in [0, 0.1) is 0 Å². The van der Waals surface area contributed by atoms with Crippen LogP contribution in [0.4, 0.5) is 0 Å².